The van der Waals surface area contributed by atoms with Crippen molar-refractivity contribution in [1.29, 1.82) is 0 Å². The summed E-state index contributed by atoms with van der Waals surface area (Å²) in [4.78, 5) is 13.9. The average Bonchev–Trinajstić information content (AvgIpc) is 2.32. The maximum atomic E-state index is 12.0. The van der Waals surface area contributed by atoms with Gasteiger partial charge in [-0.2, -0.15) is 0 Å². The van der Waals surface area contributed by atoms with Crippen LogP contribution in [-0.2, 0) is 0 Å². The van der Waals surface area contributed by atoms with E-state index in [2.05, 4.69) is 12.2 Å². The number of halogens is 1. The number of rotatable bonds is 1. The molecule has 1 aromatic carbocycles. The zero-order valence-corrected chi connectivity index (χ0v) is 10.7. The zero-order chi connectivity index (χ0) is 12.3. The van der Waals surface area contributed by atoms with E-state index in [9.17, 15) is 4.79 Å². The number of nitrogens with one attached hydrogen (secondary N) is 1. The van der Waals surface area contributed by atoms with Gasteiger partial charge in [0.1, 0.15) is 0 Å². The lowest BCUT2D eigenvalue weighted by atomic mass is 10.0. The van der Waals surface area contributed by atoms with Gasteiger partial charge in [-0.3, -0.25) is 0 Å². The van der Waals surface area contributed by atoms with Gasteiger partial charge in [0, 0.05) is 23.3 Å². The third-order valence-corrected chi connectivity index (χ3v) is 3.41. The number of hydrogen-bond acceptors (Lipinski definition) is 1. The van der Waals surface area contributed by atoms with E-state index in [4.69, 9.17) is 11.6 Å². The molecule has 1 saturated heterocycles. The average molecular weight is 253 g/mol. The lowest BCUT2D eigenvalue weighted by Gasteiger charge is -2.33. The second-order valence-electron chi connectivity index (χ2n) is 4.48. The van der Waals surface area contributed by atoms with E-state index in [1.807, 2.05) is 17.0 Å². The minimum Gasteiger partial charge on any atom is -0.322 e. The van der Waals surface area contributed by atoms with Gasteiger partial charge in [0.25, 0.3) is 0 Å². The van der Waals surface area contributed by atoms with Crippen molar-refractivity contribution in [2.24, 2.45) is 0 Å². The monoisotopic (exact) mass is 252 g/mol. The van der Waals surface area contributed by atoms with Crippen molar-refractivity contribution in [3.05, 3.63) is 29.3 Å². The van der Waals surface area contributed by atoms with Crippen LogP contribution in [0.3, 0.4) is 0 Å². The van der Waals surface area contributed by atoms with E-state index >= 15 is 0 Å². The van der Waals surface area contributed by atoms with Crippen molar-refractivity contribution >= 4 is 23.3 Å². The standard InChI is InChI=1S/C13H17ClN2O/c1-10-4-2-3-9-16(10)13(17)15-12-7-5-11(14)6-8-12/h5-8,10H,2-4,9H2,1H3,(H,15,17). The SMILES string of the molecule is CC1CCCCN1C(=O)Nc1ccc(Cl)cc1. The highest BCUT2D eigenvalue weighted by Crippen LogP contribution is 2.19. The van der Waals surface area contributed by atoms with Crippen molar-refractivity contribution in [2.75, 3.05) is 11.9 Å². The normalized spacial score (nSPS) is 20.1. The number of likely N-dealkylation sites (tertiary alicyclic amines) is 1. The summed E-state index contributed by atoms with van der Waals surface area (Å²) in [6, 6.07) is 7.49. The molecule has 1 atom stereocenters. The molecule has 0 aliphatic carbocycles. The summed E-state index contributed by atoms with van der Waals surface area (Å²) in [6.07, 6.45) is 3.40. The Labute approximate surface area is 107 Å². The predicted molar refractivity (Wildman–Crippen MR) is 70.5 cm³/mol. The second-order valence-corrected chi connectivity index (χ2v) is 4.91. The molecule has 0 radical (unpaired) electrons. The number of carbonyl (C=O) groups is 1. The Morgan fingerprint density at radius 3 is 2.71 bits per heavy atom. The van der Waals surface area contributed by atoms with Gasteiger partial charge in [-0.05, 0) is 50.5 Å². The molecule has 2 rings (SSSR count). The first-order valence-electron chi connectivity index (χ1n) is 6.00. The number of amides is 2. The Kier molecular flexibility index (Phi) is 3.89. The van der Waals surface area contributed by atoms with Gasteiger partial charge in [0.15, 0.2) is 0 Å². The second kappa shape index (κ2) is 5.41. The van der Waals surface area contributed by atoms with Gasteiger partial charge in [0.05, 0.1) is 0 Å². The number of piperidine rings is 1. The Hall–Kier alpha value is -1.22. The summed E-state index contributed by atoms with van der Waals surface area (Å²) >= 11 is 5.80. The van der Waals surface area contributed by atoms with Crippen molar-refractivity contribution in [1.82, 2.24) is 4.90 Å². The van der Waals surface area contributed by atoms with E-state index in [0.29, 0.717) is 11.1 Å². The van der Waals surface area contributed by atoms with Gasteiger partial charge in [-0.15, -0.1) is 0 Å². The highest BCUT2D eigenvalue weighted by Gasteiger charge is 2.22. The van der Waals surface area contributed by atoms with Gasteiger partial charge >= 0.3 is 6.03 Å². The van der Waals surface area contributed by atoms with Gasteiger partial charge in [-0.25, -0.2) is 4.79 Å². The van der Waals surface area contributed by atoms with Crippen LogP contribution in [0.2, 0.25) is 5.02 Å². The zero-order valence-electron chi connectivity index (χ0n) is 9.95. The lowest BCUT2D eigenvalue weighted by molar-refractivity contribution is 0.170. The summed E-state index contributed by atoms with van der Waals surface area (Å²) in [5, 5.41) is 3.57. The van der Waals surface area contributed by atoms with Crippen molar-refractivity contribution in [3.8, 4) is 0 Å². The molecule has 3 nitrogen and oxygen atoms in total. The number of carbonyl (C=O) groups excluding carboxylic acids is 1. The van der Waals surface area contributed by atoms with Crippen LogP contribution in [-0.4, -0.2) is 23.5 Å². The maximum absolute atomic E-state index is 12.0. The van der Waals surface area contributed by atoms with Gasteiger partial charge in [-0.1, -0.05) is 11.6 Å². The fourth-order valence-corrected chi connectivity index (χ4v) is 2.25. The fourth-order valence-electron chi connectivity index (χ4n) is 2.13. The molecule has 0 spiro atoms. The number of benzene rings is 1. The molecule has 2 amide bonds. The molecule has 1 aliphatic rings. The highest BCUT2D eigenvalue weighted by molar-refractivity contribution is 6.30. The highest BCUT2D eigenvalue weighted by atomic mass is 35.5. The third-order valence-electron chi connectivity index (χ3n) is 3.16. The smallest absolute Gasteiger partial charge is 0.322 e. The van der Waals surface area contributed by atoms with Crippen LogP contribution in [0.4, 0.5) is 10.5 Å². The molecule has 1 heterocycles. The van der Waals surface area contributed by atoms with E-state index in [0.717, 1.165) is 25.1 Å². The largest absolute Gasteiger partial charge is 0.322 e. The molecule has 0 aromatic heterocycles. The van der Waals surface area contributed by atoms with Crippen LogP contribution < -0.4 is 5.32 Å². The summed E-state index contributed by atoms with van der Waals surface area (Å²) in [6.45, 7) is 2.95. The molecule has 0 saturated carbocycles. The van der Waals surface area contributed by atoms with Crippen LogP contribution >= 0.6 is 11.6 Å². The van der Waals surface area contributed by atoms with E-state index in [-0.39, 0.29) is 6.03 Å². The number of anilines is 1. The van der Waals surface area contributed by atoms with Crippen LogP contribution in [0.25, 0.3) is 0 Å². The molecule has 1 fully saturated rings. The Morgan fingerprint density at radius 2 is 2.06 bits per heavy atom. The van der Waals surface area contributed by atoms with E-state index in [1.54, 1.807) is 12.1 Å². The van der Waals surface area contributed by atoms with Crippen molar-refractivity contribution in [3.63, 3.8) is 0 Å². The molecule has 1 aliphatic heterocycles. The van der Waals surface area contributed by atoms with E-state index in [1.165, 1.54) is 6.42 Å². The molecule has 92 valence electrons. The first kappa shape index (κ1) is 12.2. The van der Waals surface area contributed by atoms with Crippen LogP contribution in [0, 0.1) is 0 Å². The van der Waals surface area contributed by atoms with Crippen molar-refractivity contribution in [2.45, 2.75) is 32.2 Å². The first-order valence-corrected chi connectivity index (χ1v) is 6.38. The predicted octanol–water partition coefficient (Wildman–Crippen LogP) is 3.75. The Morgan fingerprint density at radius 1 is 1.35 bits per heavy atom. The minimum absolute atomic E-state index is 0.0143. The molecule has 0 bridgehead atoms. The minimum atomic E-state index is -0.0143. The molecule has 1 aromatic rings. The number of urea groups is 1. The van der Waals surface area contributed by atoms with Gasteiger partial charge in [0.2, 0.25) is 0 Å². The quantitative estimate of drug-likeness (QED) is 0.811. The Balaban J connectivity index is 1.98. The molecule has 1 unspecified atom stereocenters. The Bertz CT molecular complexity index is 391. The molecule has 1 N–H and O–H groups in total. The number of nitrogens with zero attached hydrogens (tertiary/aromatic N) is 1. The summed E-state index contributed by atoms with van der Waals surface area (Å²) in [5.74, 6) is 0. The van der Waals surface area contributed by atoms with Crippen LogP contribution in [0.15, 0.2) is 24.3 Å². The maximum Gasteiger partial charge on any atom is 0.322 e. The lowest BCUT2D eigenvalue weighted by Crippen LogP contribution is -2.44. The van der Waals surface area contributed by atoms with Crippen molar-refractivity contribution < 1.29 is 4.79 Å². The van der Waals surface area contributed by atoms with Gasteiger partial charge < -0.3 is 10.2 Å². The molecular formula is C13H17ClN2O. The summed E-state index contributed by atoms with van der Waals surface area (Å²) < 4.78 is 0. The van der Waals surface area contributed by atoms with Crippen LogP contribution in [0.1, 0.15) is 26.2 Å². The van der Waals surface area contributed by atoms with E-state index < -0.39 is 0 Å². The number of hydrogen-bond donors (Lipinski definition) is 1. The molecule has 4 heteroatoms. The molecular weight excluding hydrogens is 236 g/mol. The van der Waals surface area contributed by atoms with Crippen LogP contribution in [0.5, 0.6) is 0 Å². The topological polar surface area (TPSA) is 32.3 Å². The fraction of sp³-hybridized carbons (Fsp3) is 0.462. The first-order chi connectivity index (χ1) is 8.16. The third kappa shape index (κ3) is 3.13. The molecule has 17 heavy (non-hydrogen) atoms. The summed E-state index contributed by atoms with van der Waals surface area (Å²) in [7, 11) is 0. The summed E-state index contributed by atoms with van der Waals surface area (Å²) in [5.41, 5.74) is 0.789.